The summed E-state index contributed by atoms with van der Waals surface area (Å²) in [5.74, 6) is -0.566. The Kier molecular flexibility index (Phi) is 5.80. The summed E-state index contributed by atoms with van der Waals surface area (Å²) in [7, 11) is 0. The summed E-state index contributed by atoms with van der Waals surface area (Å²) in [5, 5.41) is 2.46. The monoisotopic (exact) mass is 283 g/mol. The molecule has 7 heteroatoms. The van der Waals surface area contributed by atoms with Crippen molar-refractivity contribution in [3.63, 3.8) is 0 Å². The van der Waals surface area contributed by atoms with Gasteiger partial charge in [0.2, 0.25) is 0 Å². The van der Waals surface area contributed by atoms with Crippen molar-refractivity contribution >= 4 is 63.9 Å². The highest BCUT2D eigenvalue weighted by Crippen LogP contribution is 2.20. The molecule has 0 saturated heterocycles. The molecule has 0 atom stereocenters. The average Bonchev–Trinajstić information content (AvgIpc) is 1.97. The van der Waals surface area contributed by atoms with Crippen LogP contribution in [-0.2, 0) is 4.79 Å². The largest absolute Gasteiger partial charge is 0.348 e. The highest BCUT2D eigenvalue weighted by atomic mass is 35.5. The van der Waals surface area contributed by atoms with Crippen LogP contribution >= 0.6 is 58.0 Å². The number of hydrogen-bond acceptors (Lipinski definition) is 1. The van der Waals surface area contributed by atoms with Crippen LogP contribution in [0.3, 0.4) is 0 Å². The molecule has 0 rings (SSSR count). The van der Waals surface area contributed by atoms with Crippen LogP contribution in [-0.4, -0.2) is 16.8 Å². The topological polar surface area (TPSA) is 29.1 Å². The molecule has 2 nitrogen and oxygen atoms in total. The molecule has 13 heavy (non-hydrogen) atoms. The second kappa shape index (κ2) is 5.52. The summed E-state index contributed by atoms with van der Waals surface area (Å²) in [4.78, 5) is 11.0. The zero-order valence-corrected chi connectivity index (χ0v) is 10.3. The van der Waals surface area contributed by atoms with E-state index in [0.29, 0.717) is 0 Å². The van der Waals surface area contributed by atoms with Crippen molar-refractivity contribution < 1.29 is 4.79 Å². The highest BCUT2D eigenvalue weighted by Gasteiger charge is 2.26. The molecule has 0 fully saturated rings. The minimum Gasteiger partial charge on any atom is -0.348 e. The van der Waals surface area contributed by atoms with Crippen LogP contribution in [0.2, 0.25) is 0 Å². The molecule has 0 aliphatic rings. The summed E-state index contributed by atoms with van der Waals surface area (Å²) >= 11 is 27.1. The summed E-state index contributed by atoms with van der Waals surface area (Å²) in [6, 6.07) is 0. The second-order valence-corrected chi connectivity index (χ2v) is 5.35. The van der Waals surface area contributed by atoms with Gasteiger partial charge < -0.3 is 5.32 Å². The van der Waals surface area contributed by atoms with Crippen LogP contribution in [0, 0.1) is 0 Å². The van der Waals surface area contributed by atoms with Gasteiger partial charge in [0, 0.05) is 0 Å². The first-order valence-corrected chi connectivity index (χ1v) is 5.00. The van der Waals surface area contributed by atoms with Gasteiger partial charge in [0.15, 0.2) is 4.33 Å². The van der Waals surface area contributed by atoms with Gasteiger partial charge in [-0.2, -0.15) is 0 Å². The highest BCUT2D eigenvalue weighted by molar-refractivity contribution is 6.59. The maximum absolute atomic E-state index is 11.0. The Morgan fingerprint density at radius 3 is 2.08 bits per heavy atom. The minimum atomic E-state index is -1.49. The van der Waals surface area contributed by atoms with E-state index >= 15 is 0 Å². The fourth-order valence-corrected chi connectivity index (χ4v) is 0.714. The molecule has 76 valence electrons. The van der Waals surface area contributed by atoms with Gasteiger partial charge in [-0.1, -0.05) is 58.0 Å². The van der Waals surface area contributed by atoms with E-state index in [2.05, 4.69) is 5.32 Å². The van der Waals surface area contributed by atoms with Gasteiger partial charge in [-0.15, -0.1) is 0 Å². The number of hydrogen-bond donors (Lipinski definition) is 1. The predicted molar refractivity (Wildman–Crippen MR) is 57.7 cm³/mol. The van der Waals surface area contributed by atoms with Crippen molar-refractivity contribution in [2.24, 2.45) is 0 Å². The first kappa shape index (κ1) is 13.7. The zero-order chi connectivity index (χ0) is 10.6. The van der Waals surface area contributed by atoms with Gasteiger partial charge in [-0.25, -0.2) is 0 Å². The summed E-state index contributed by atoms with van der Waals surface area (Å²) in [5.41, 5.74) is 0. The zero-order valence-electron chi connectivity index (χ0n) is 6.51. The van der Waals surface area contributed by atoms with E-state index < -0.39 is 10.2 Å². The fraction of sp³-hybridized carbons (Fsp3) is 0.500. The second-order valence-electron chi connectivity index (χ2n) is 2.24. The lowest BCUT2D eigenvalue weighted by Gasteiger charge is -2.12. The van der Waals surface area contributed by atoms with Crippen LogP contribution in [0.15, 0.2) is 9.52 Å². The van der Waals surface area contributed by atoms with Crippen molar-refractivity contribution in [2.75, 3.05) is 6.54 Å². The normalized spacial score (nSPS) is 10.9. The fourth-order valence-electron chi connectivity index (χ4n) is 0.380. The van der Waals surface area contributed by atoms with E-state index in [1.807, 2.05) is 0 Å². The Hall–Kier alpha value is 0.660. The Morgan fingerprint density at radius 1 is 1.31 bits per heavy atom. The molecule has 0 aromatic heterocycles. The van der Waals surface area contributed by atoms with Crippen molar-refractivity contribution in [1.82, 2.24) is 5.32 Å². The number of amides is 1. The summed E-state index contributed by atoms with van der Waals surface area (Å²) in [6.07, 6.45) is 0. The summed E-state index contributed by atoms with van der Waals surface area (Å²) < 4.78 is -1.59. The number of carbonyl (C=O) groups excluding carboxylic acids is 1. The molecule has 0 saturated carbocycles. The molecular formula is C6H6Cl5NO. The molecule has 0 unspecified atom stereocenters. The maximum Gasteiger partial charge on any atom is 0.256 e. The van der Waals surface area contributed by atoms with Gasteiger partial charge in [-0.3, -0.25) is 4.79 Å². The third-order valence-electron chi connectivity index (χ3n) is 1.01. The van der Waals surface area contributed by atoms with Gasteiger partial charge >= 0.3 is 0 Å². The van der Waals surface area contributed by atoms with Crippen molar-refractivity contribution in [3.8, 4) is 0 Å². The van der Waals surface area contributed by atoms with Crippen LogP contribution < -0.4 is 5.32 Å². The number of halogens is 5. The molecule has 0 spiro atoms. The molecule has 0 aromatic rings. The molecule has 1 amide bonds. The maximum atomic E-state index is 11.0. The lowest BCUT2D eigenvalue weighted by molar-refractivity contribution is -0.121. The molecule has 0 heterocycles. The molecular weight excluding hydrogens is 279 g/mol. The van der Waals surface area contributed by atoms with E-state index in [1.165, 1.54) is 6.92 Å². The van der Waals surface area contributed by atoms with E-state index in [-0.39, 0.29) is 16.1 Å². The Morgan fingerprint density at radius 2 is 1.77 bits per heavy atom. The lowest BCUT2D eigenvalue weighted by atomic mass is 10.4. The van der Waals surface area contributed by atoms with Crippen LogP contribution in [0.4, 0.5) is 0 Å². The summed E-state index contributed by atoms with van der Waals surface area (Å²) in [6.45, 7) is 1.34. The molecule has 0 aliphatic carbocycles. The van der Waals surface area contributed by atoms with Gasteiger partial charge in [0.25, 0.3) is 5.91 Å². The number of alkyl halides is 2. The third-order valence-corrected chi connectivity index (χ3v) is 2.32. The number of nitrogens with one attached hydrogen (secondary N) is 1. The van der Waals surface area contributed by atoms with Crippen LogP contribution in [0.1, 0.15) is 6.92 Å². The SMILES string of the molecule is CC(Cl)(Cl)C(=O)NCC(Cl)=C(Cl)Cl. The lowest BCUT2D eigenvalue weighted by Crippen LogP contribution is -2.36. The molecule has 0 aliphatic heterocycles. The molecule has 0 bridgehead atoms. The average molecular weight is 285 g/mol. The predicted octanol–water partition coefficient (Wildman–Crippen LogP) is 3.18. The Bertz CT molecular complexity index is 228. The third kappa shape index (κ3) is 5.87. The first-order chi connectivity index (χ1) is 5.75. The van der Waals surface area contributed by atoms with E-state index in [4.69, 9.17) is 58.0 Å². The van der Waals surface area contributed by atoms with Crippen LogP contribution in [0.25, 0.3) is 0 Å². The van der Waals surface area contributed by atoms with Crippen molar-refractivity contribution in [1.29, 1.82) is 0 Å². The minimum absolute atomic E-state index is 0.00223. The first-order valence-electron chi connectivity index (χ1n) is 3.11. The Balaban J connectivity index is 4.07. The van der Waals surface area contributed by atoms with E-state index in [9.17, 15) is 4.79 Å². The molecule has 0 aromatic carbocycles. The quantitative estimate of drug-likeness (QED) is 0.793. The van der Waals surface area contributed by atoms with Crippen LogP contribution in [0.5, 0.6) is 0 Å². The standard InChI is InChI=1S/C6H6Cl5NO/c1-6(10,11)5(13)12-2-3(7)4(8)9/h2H2,1H3,(H,12,13). The van der Waals surface area contributed by atoms with Crippen molar-refractivity contribution in [3.05, 3.63) is 9.52 Å². The van der Waals surface area contributed by atoms with Gasteiger partial charge in [0.1, 0.15) is 4.49 Å². The number of carbonyl (C=O) groups is 1. The van der Waals surface area contributed by atoms with Gasteiger partial charge in [-0.05, 0) is 6.92 Å². The molecule has 0 radical (unpaired) electrons. The van der Waals surface area contributed by atoms with Gasteiger partial charge in [0.05, 0.1) is 11.6 Å². The smallest absolute Gasteiger partial charge is 0.256 e. The van der Waals surface area contributed by atoms with E-state index in [0.717, 1.165) is 0 Å². The number of rotatable bonds is 3. The Labute approximate surface area is 101 Å². The molecule has 1 N–H and O–H groups in total. The van der Waals surface area contributed by atoms with Crippen molar-refractivity contribution in [2.45, 2.75) is 11.3 Å². The van der Waals surface area contributed by atoms with E-state index in [1.54, 1.807) is 0 Å².